The number of para-hydroxylation sites is 3. The summed E-state index contributed by atoms with van der Waals surface area (Å²) in [5.74, 6) is 0.138. The molecule has 0 fully saturated rings. The zero-order valence-corrected chi connectivity index (χ0v) is 13.9. The number of thioether (sulfide) groups is 1. The second-order valence-electron chi connectivity index (χ2n) is 5.15. The van der Waals surface area contributed by atoms with Crippen molar-refractivity contribution in [3.63, 3.8) is 0 Å². The van der Waals surface area contributed by atoms with Crippen LogP contribution in [0.1, 0.15) is 5.56 Å². The third-order valence-corrected chi connectivity index (χ3v) is 4.54. The van der Waals surface area contributed by atoms with Gasteiger partial charge in [0.1, 0.15) is 5.75 Å². The van der Waals surface area contributed by atoms with Crippen LogP contribution in [0.3, 0.4) is 0 Å². The monoisotopic (exact) mass is 341 g/mol. The van der Waals surface area contributed by atoms with Crippen molar-refractivity contribution < 1.29 is 14.5 Å². The molecule has 2 aromatic carbocycles. The van der Waals surface area contributed by atoms with Crippen LogP contribution in [0, 0.1) is 0 Å². The fourth-order valence-corrected chi connectivity index (χ4v) is 3.06. The number of carbonyl (C=O) groups is 1. The van der Waals surface area contributed by atoms with Crippen molar-refractivity contribution in [1.82, 2.24) is 10.4 Å². The average molecular weight is 341 g/mol. The molecule has 24 heavy (non-hydrogen) atoms. The van der Waals surface area contributed by atoms with Crippen molar-refractivity contribution in [3.8, 4) is 5.75 Å². The van der Waals surface area contributed by atoms with E-state index in [-0.39, 0.29) is 17.4 Å². The first kappa shape index (κ1) is 16.1. The Morgan fingerprint density at radius 1 is 1.29 bits per heavy atom. The van der Waals surface area contributed by atoms with Gasteiger partial charge >= 0.3 is 5.16 Å². The molecule has 3 rings (SSSR count). The lowest BCUT2D eigenvalue weighted by Gasteiger charge is -1.99. The van der Waals surface area contributed by atoms with Crippen LogP contribution in [0.4, 0.5) is 0 Å². The van der Waals surface area contributed by atoms with Crippen molar-refractivity contribution >= 4 is 34.9 Å². The summed E-state index contributed by atoms with van der Waals surface area (Å²) in [6.07, 6.45) is 1.42. The van der Waals surface area contributed by atoms with Gasteiger partial charge in [-0.25, -0.2) is 15.0 Å². The number of aromatic nitrogens is 2. The van der Waals surface area contributed by atoms with Crippen LogP contribution in [0.25, 0.3) is 11.0 Å². The Labute approximate surface area is 143 Å². The molecular weight excluding hydrogens is 324 g/mol. The van der Waals surface area contributed by atoms with E-state index < -0.39 is 0 Å². The lowest BCUT2D eigenvalue weighted by atomic mass is 10.2. The summed E-state index contributed by atoms with van der Waals surface area (Å²) >= 11 is 1.40. The number of hydrogen-bond donors (Lipinski definition) is 3. The van der Waals surface area contributed by atoms with Crippen molar-refractivity contribution in [2.75, 3.05) is 5.75 Å². The van der Waals surface area contributed by atoms with Crippen LogP contribution in [0.5, 0.6) is 5.75 Å². The van der Waals surface area contributed by atoms with E-state index in [4.69, 9.17) is 0 Å². The van der Waals surface area contributed by atoms with Gasteiger partial charge in [-0.05, 0) is 36.0 Å². The number of carbonyl (C=O) groups excluding carboxylic acids is 1. The van der Waals surface area contributed by atoms with Gasteiger partial charge in [-0.15, -0.1) is 0 Å². The Balaban J connectivity index is 1.57. The van der Waals surface area contributed by atoms with E-state index in [9.17, 15) is 9.90 Å². The number of rotatable bonds is 5. The van der Waals surface area contributed by atoms with Gasteiger partial charge in [0.2, 0.25) is 0 Å². The molecule has 0 radical (unpaired) electrons. The summed E-state index contributed by atoms with van der Waals surface area (Å²) in [5.41, 5.74) is 5.12. The molecule has 3 N–H and O–H groups in total. The van der Waals surface area contributed by atoms with Crippen LogP contribution < -0.4 is 9.99 Å². The van der Waals surface area contributed by atoms with Gasteiger partial charge in [0, 0.05) is 5.56 Å². The predicted octanol–water partition coefficient (Wildman–Crippen LogP) is 1.94. The number of hydrazone groups is 1. The summed E-state index contributed by atoms with van der Waals surface area (Å²) in [5, 5.41) is 14.4. The number of fused-ring (bicyclic) bond motifs is 1. The first-order valence-corrected chi connectivity index (χ1v) is 8.33. The maximum atomic E-state index is 11.9. The predicted molar refractivity (Wildman–Crippen MR) is 94.0 cm³/mol. The number of benzene rings is 2. The Kier molecular flexibility index (Phi) is 4.81. The van der Waals surface area contributed by atoms with Crippen LogP contribution in [0.2, 0.25) is 0 Å². The number of amides is 1. The van der Waals surface area contributed by atoms with Crippen LogP contribution in [-0.4, -0.2) is 28.0 Å². The Bertz CT molecular complexity index is 904. The number of aryl methyl sites for hydroxylation is 1. The molecule has 0 atom stereocenters. The second kappa shape index (κ2) is 7.18. The van der Waals surface area contributed by atoms with E-state index >= 15 is 0 Å². The summed E-state index contributed by atoms with van der Waals surface area (Å²) in [4.78, 5) is 15.2. The lowest BCUT2D eigenvalue weighted by molar-refractivity contribution is -0.683. The summed E-state index contributed by atoms with van der Waals surface area (Å²) in [6, 6.07) is 14.7. The highest BCUT2D eigenvalue weighted by Crippen LogP contribution is 2.16. The fraction of sp³-hybridized carbons (Fsp3) is 0.118. The highest BCUT2D eigenvalue weighted by atomic mass is 32.2. The van der Waals surface area contributed by atoms with Crippen molar-refractivity contribution in [2.24, 2.45) is 12.1 Å². The number of H-pyrrole nitrogens is 1. The van der Waals surface area contributed by atoms with Gasteiger partial charge in [-0.2, -0.15) is 5.10 Å². The molecule has 0 saturated carbocycles. The van der Waals surface area contributed by atoms with E-state index in [0.29, 0.717) is 5.56 Å². The van der Waals surface area contributed by atoms with Gasteiger partial charge in [-0.1, -0.05) is 24.3 Å². The minimum Gasteiger partial charge on any atom is -0.507 e. The van der Waals surface area contributed by atoms with Crippen LogP contribution in [0.15, 0.2) is 58.8 Å². The molecule has 0 spiro atoms. The van der Waals surface area contributed by atoms with Crippen molar-refractivity contribution in [2.45, 2.75) is 5.16 Å². The van der Waals surface area contributed by atoms with Gasteiger partial charge in [0.15, 0.2) is 11.0 Å². The van der Waals surface area contributed by atoms with Crippen molar-refractivity contribution in [1.29, 1.82) is 0 Å². The lowest BCUT2D eigenvalue weighted by Crippen LogP contribution is -2.30. The van der Waals surface area contributed by atoms with E-state index in [0.717, 1.165) is 16.2 Å². The molecule has 6 nitrogen and oxygen atoms in total. The molecule has 0 aliphatic heterocycles. The minimum atomic E-state index is -0.217. The highest BCUT2D eigenvalue weighted by Gasteiger charge is 2.16. The second-order valence-corrected chi connectivity index (χ2v) is 6.11. The highest BCUT2D eigenvalue weighted by molar-refractivity contribution is 7.99. The number of nitrogens with one attached hydrogen (secondary N) is 2. The number of aromatic hydroxyl groups is 1. The Morgan fingerprint density at radius 2 is 2.04 bits per heavy atom. The van der Waals surface area contributed by atoms with Gasteiger partial charge in [0.25, 0.3) is 5.91 Å². The maximum Gasteiger partial charge on any atom is 0.317 e. The average Bonchev–Trinajstić information content (AvgIpc) is 2.91. The zero-order valence-electron chi connectivity index (χ0n) is 13.1. The first-order chi connectivity index (χ1) is 11.6. The molecule has 0 aliphatic rings. The van der Waals surface area contributed by atoms with E-state index in [1.807, 2.05) is 35.9 Å². The molecule has 1 aromatic heterocycles. The molecule has 122 valence electrons. The van der Waals surface area contributed by atoms with Crippen molar-refractivity contribution in [3.05, 3.63) is 54.1 Å². The van der Waals surface area contributed by atoms with Crippen LogP contribution in [-0.2, 0) is 11.8 Å². The normalized spacial score (nSPS) is 11.2. The van der Waals surface area contributed by atoms with Gasteiger partial charge in [0.05, 0.1) is 19.0 Å². The number of nitrogens with zero attached hydrogens (tertiary/aromatic N) is 2. The Hall–Kier alpha value is -2.80. The maximum absolute atomic E-state index is 11.9. The zero-order chi connectivity index (χ0) is 16.9. The molecule has 1 amide bonds. The molecule has 0 bridgehead atoms. The molecule has 3 aromatic rings. The first-order valence-electron chi connectivity index (χ1n) is 7.34. The van der Waals surface area contributed by atoms with Gasteiger partial charge in [-0.3, -0.25) is 4.79 Å². The topological polar surface area (TPSA) is 81.4 Å². The van der Waals surface area contributed by atoms with E-state index in [1.165, 1.54) is 18.0 Å². The number of imidazole rings is 1. The van der Waals surface area contributed by atoms with E-state index in [2.05, 4.69) is 15.5 Å². The molecule has 0 unspecified atom stereocenters. The third kappa shape index (κ3) is 3.57. The standard InChI is InChI=1S/C17H16N4O2S/c1-21-14-8-4-3-7-13(14)19-17(21)24-11-16(23)20-18-10-12-6-2-5-9-15(12)22/h2-10H,11H2,1H3,(H2,18,20,22,23)/p+1. The summed E-state index contributed by atoms with van der Waals surface area (Å²) in [7, 11) is 1.95. The molecule has 0 aliphatic carbocycles. The SMILES string of the molecule is C[n+]1c(SCC(=O)NN=Cc2ccccc2O)[nH]c2ccccc21. The molecule has 0 saturated heterocycles. The minimum absolute atomic E-state index is 0.120. The molecule has 1 heterocycles. The number of hydrogen-bond acceptors (Lipinski definition) is 4. The number of phenols is 1. The Morgan fingerprint density at radius 3 is 2.83 bits per heavy atom. The summed E-state index contributed by atoms with van der Waals surface area (Å²) in [6.45, 7) is 0. The largest absolute Gasteiger partial charge is 0.507 e. The van der Waals surface area contributed by atoms with Gasteiger partial charge < -0.3 is 5.11 Å². The molecular formula is C17H17N4O2S+. The smallest absolute Gasteiger partial charge is 0.317 e. The quantitative estimate of drug-likeness (QED) is 0.287. The molecule has 7 heteroatoms. The third-order valence-electron chi connectivity index (χ3n) is 3.48. The fourth-order valence-electron chi connectivity index (χ4n) is 2.25. The van der Waals surface area contributed by atoms with E-state index in [1.54, 1.807) is 24.3 Å². The number of phenolic OH excluding ortho intramolecular Hbond substituents is 1. The van der Waals surface area contributed by atoms with Crippen LogP contribution >= 0.6 is 11.8 Å². The summed E-state index contributed by atoms with van der Waals surface area (Å²) < 4.78 is 2.01. The number of aromatic amines is 1.